The summed E-state index contributed by atoms with van der Waals surface area (Å²) in [6.45, 7) is 17.7. The summed E-state index contributed by atoms with van der Waals surface area (Å²) in [5.41, 5.74) is 3.33. The number of fused-ring (bicyclic) bond motifs is 1. The zero-order valence-corrected chi connectivity index (χ0v) is 18.3. The molecule has 0 aliphatic carbocycles. The summed E-state index contributed by atoms with van der Waals surface area (Å²) in [5, 5.41) is 1.21. The molecule has 0 spiro atoms. The molecule has 0 N–H and O–H groups in total. The maximum Gasteiger partial charge on any atom is 1.00 e. The van der Waals surface area contributed by atoms with Crippen LogP contribution in [0.25, 0.3) is 17.0 Å². The van der Waals surface area contributed by atoms with Gasteiger partial charge in [-0.15, -0.1) is 5.52 Å². The number of allylic oxidation sites excluding steroid dienone is 2. The van der Waals surface area contributed by atoms with E-state index >= 15 is 0 Å². The molecule has 0 fully saturated rings. The van der Waals surface area contributed by atoms with Crippen LogP contribution >= 0.6 is 0 Å². The molecule has 112 valence electrons. The van der Waals surface area contributed by atoms with Crippen molar-refractivity contribution >= 4 is 17.0 Å². The molecule has 0 amide bonds. The number of aryl methyl sites for hydroxylation is 1. The first-order valence-electron chi connectivity index (χ1n) is 7.64. The van der Waals surface area contributed by atoms with E-state index in [0.717, 1.165) is 11.2 Å². The molecule has 0 aliphatic rings. The Morgan fingerprint density at radius 3 is 2.00 bits per heavy atom. The van der Waals surface area contributed by atoms with Crippen molar-refractivity contribution in [3.05, 3.63) is 54.3 Å². The summed E-state index contributed by atoms with van der Waals surface area (Å²) in [7, 11) is 0. The first-order chi connectivity index (χ1) is 9.83. The number of aromatic nitrogens is 1. The topological polar surface area (TPSA) is 14.1 Å². The van der Waals surface area contributed by atoms with Crippen molar-refractivity contribution in [2.24, 2.45) is 0 Å². The average Bonchev–Trinajstić information content (AvgIpc) is 2.86. The van der Waals surface area contributed by atoms with Gasteiger partial charge in [-0.3, -0.25) is 0 Å². The van der Waals surface area contributed by atoms with Crippen molar-refractivity contribution in [3.63, 3.8) is 0 Å². The third-order valence-electron chi connectivity index (χ3n) is 2.27. The first kappa shape index (κ1) is 25.8. The van der Waals surface area contributed by atoms with E-state index in [4.69, 9.17) is 0 Å². The Morgan fingerprint density at radius 2 is 1.48 bits per heavy atom. The summed E-state index contributed by atoms with van der Waals surface area (Å²) in [6, 6.07) is 8.18. The molecule has 2 aromatic rings. The Bertz CT molecular complexity index is 495. The minimum atomic E-state index is 0. The van der Waals surface area contributed by atoms with Crippen LogP contribution in [0, 0.1) is 6.92 Å². The maximum absolute atomic E-state index is 4.48. The van der Waals surface area contributed by atoms with E-state index < -0.39 is 0 Å². The van der Waals surface area contributed by atoms with E-state index in [0.29, 0.717) is 0 Å². The molecule has 0 unspecified atom stereocenters. The van der Waals surface area contributed by atoms with E-state index in [2.05, 4.69) is 23.7 Å². The molecule has 1 nitrogen and oxygen atoms in total. The number of hydrogen-bond donors (Lipinski definition) is 0. The summed E-state index contributed by atoms with van der Waals surface area (Å²) >= 11 is 0. The molecule has 2 heteroatoms. The molecule has 0 radical (unpaired) electrons. The Balaban J connectivity index is -0.000000414. The average molecular weight is 312 g/mol. The second kappa shape index (κ2) is 17.9. The van der Waals surface area contributed by atoms with Crippen LogP contribution in [0.2, 0.25) is 0 Å². The standard InChI is InChI=1S/C13H12N.3C2H6.K/c1-3-4-7-11-10(2)14-13-9-6-5-8-12(11)13;3*1-2;/h3-9H,1H2,2H3;3*1-2H3;/q-1;;;;+1/b7-4-;;;;. The van der Waals surface area contributed by atoms with Gasteiger partial charge >= 0.3 is 51.4 Å². The number of para-hydroxylation sites is 1. The fraction of sp³-hybridized carbons (Fsp3) is 0.368. The third kappa shape index (κ3) is 8.79. The van der Waals surface area contributed by atoms with Crippen molar-refractivity contribution in [1.82, 2.24) is 4.98 Å². The zero-order valence-electron chi connectivity index (χ0n) is 15.2. The van der Waals surface area contributed by atoms with E-state index in [1.807, 2.05) is 72.7 Å². The summed E-state index contributed by atoms with van der Waals surface area (Å²) in [6.07, 6.45) is 5.77. The SMILES string of the molecule is C=C/C=C\c1c(C)[n-]c2ccccc12.CC.CC.CC.[K+]. The molecule has 0 atom stereocenters. The predicted octanol–water partition coefficient (Wildman–Crippen LogP) is 3.39. The zero-order chi connectivity index (χ0) is 16.0. The fourth-order valence-corrected chi connectivity index (χ4v) is 1.61. The van der Waals surface area contributed by atoms with Crippen LogP contribution < -0.4 is 56.4 Å². The normalized spacial score (nSPS) is 8.33. The fourth-order valence-electron chi connectivity index (χ4n) is 1.61. The van der Waals surface area contributed by atoms with Crippen LogP contribution in [-0.4, -0.2) is 0 Å². The third-order valence-corrected chi connectivity index (χ3v) is 2.27. The van der Waals surface area contributed by atoms with Gasteiger partial charge in [0, 0.05) is 0 Å². The Hall–Kier alpha value is -0.124. The van der Waals surface area contributed by atoms with Crippen molar-refractivity contribution in [3.8, 4) is 0 Å². The summed E-state index contributed by atoms with van der Waals surface area (Å²) in [4.78, 5) is 4.48. The van der Waals surface area contributed by atoms with Crippen molar-refractivity contribution in [2.45, 2.75) is 48.5 Å². The Morgan fingerprint density at radius 1 is 0.952 bits per heavy atom. The van der Waals surface area contributed by atoms with E-state index in [1.165, 1.54) is 10.9 Å². The molecule has 0 saturated heterocycles. The minimum absolute atomic E-state index is 0. The van der Waals surface area contributed by atoms with Gasteiger partial charge in [0.25, 0.3) is 0 Å². The Labute approximate surface area is 174 Å². The molecule has 0 bridgehead atoms. The number of rotatable bonds is 2. The van der Waals surface area contributed by atoms with Gasteiger partial charge in [-0.1, -0.05) is 97.5 Å². The van der Waals surface area contributed by atoms with Crippen molar-refractivity contribution in [1.29, 1.82) is 0 Å². The van der Waals surface area contributed by atoms with Gasteiger partial charge in [-0.25, -0.2) is 0 Å². The number of benzene rings is 1. The van der Waals surface area contributed by atoms with Gasteiger partial charge < -0.3 is 4.98 Å². The molecule has 21 heavy (non-hydrogen) atoms. The van der Waals surface area contributed by atoms with Crippen molar-refractivity contribution < 1.29 is 51.4 Å². The van der Waals surface area contributed by atoms with Crippen LogP contribution in [0.1, 0.15) is 52.8 Å². The monoisotopic (exact) mass is 311 g/mol. The summed E-state index contributed by atoms with van der Waals surface area (Å²) < 4.78 is 0. The first-order valence-corrected chi connectivity index (χ1v) is 7.64. The maximum atomic E-state index is 4.48. The van der Waals surface area contributed by atoms with E-state index in [1.54, 1.807) is 6.08 Å². The van der Waals surface area contributed by atoms with Gasteiger partial charge in [0.2, 0.25) is 0 Å². The van der Waals surface area contributed by atoms with Crippen LogP contribution in [0.4, 0.5) is 0 Å². The Kier molecular flexibility index (Phi) is 22.0. The van der Waals surface area contributed by atoms with Crippen molar-refractivity contribution in [2.75, 3.05) is 0 Å². The largest absolute Gasteiger partial charge is 1.00 e. The molecule has 1 aromatic carbocycles. The molecule has 0 saturated carbocycles. The molecule has 2 rings (SSSR count). The van der Waals surface area contributed by atoms with Crippen LogP contribution in [0.15, 0.2) is 43.0 Å². The quantitative estimate of drug-likeness (QED) is 0.612. The number of hydrogen-bond acceptors (Lipinski definition) is 0. The predicted molar refractivity (Wildman–Crippen MR) is 95.3 cm³/mol. The molecule has 1 aromatic heterocycles. The second-order valence-corrected chi connectivity index (χ2v) is 3.22. The summed E-state index contributed by atoms with van der Waals surface area (Å²) in [5.74, 6) is 0. The second-order valence-electron chi connectivity index (χ2n) is 3.22. The van der Waals surface area contributed by atoms with Crippen LogP contribution in [-0.2, 0) is 0 Å². The van der Waals surface area contributed by atoms with Gasteiger partial charge in [-0.05, 0) is 10.9 Å². The van der Waals surface area contributed by atoms with E-state index in [9.17, 15) is 0 Å². The van der Waals surface area contributed by atoms with Gasteiger partial charge in [0.05, 0.1) is 0 Å². The molecule has 1 heterocycles. The van der Waals surface area contributed by atoms with E-state index in [-0.39, 0.29) is 51.4 Å². The molecular weight excluding hydrogens is 281 g/mol. The molecular formula is C19H30KN. The van der Waals surface area contributed by atoms with Gasteiger partial charge in [0.1, 0.15) is 0 Å². The smallest absolute Gasteiger partial charge is 0.661 e. The van der Waals surface area contributed by atoms with Gasteiger partial charge in [0.15, 0.2) is 0 Å². The van der Waals surface area contributed by atoms with Gasteiger partial charge in [-0.2, -0.15) is 5.69 Å². The number of nitrogens with zero attached hydrogens (tertiary/aromatic N) is 1. The van der Waals surface area contributed by atoms with Crippen LogP contribution in [0.5, 0.6) is 0 Å². The van der Waals surface area contributed by atoms with Crippen LogP contribution in [0.3, 0.4) is 0 Å². The molecule has 0 aliphatic heterocycles. The minimum Gasteiger partial charge on any atom is -0.661 e.